The molecule has 0 aromatic rings. The maximum atomic E-state index is 0. The van der Waals surface area contributed by atoms with Gasteiger partial charge in [-0.15, -0.1) is 0 Å². The van der Waals surface area contributed by atoms with E-state index in [1.807, 2.05) is 0 Å². The van der Waals surface area contributed by atoms with Crippen LogP contribution in [0.2, 0.25) is 0 Å². The topological polar surface area (TPSA) is 57.0 Å². The Hall–Kier alpha value is 2.66. The fourth-order valence-electron chi connectivity index (χ4n) is 0. The Balaban J connectivity index is 0. The van der Waals surface area contributed by atoms with Gasteiger partial charge in [-0.05, 0) is 0 Å². The van der Waals surface area contributed by atoms with Gasteiger partial charge < -0.3 is 11.0 Å². The molecule has 38 valence electrons. The molecule has 0 fully saturated rings. The van der Waals surface area contributed by atoms with E-state index >= 15 is 0 Å². The summed E-state index contributed by atoms with van der Waals surface area (Å²) in [5, 5.41) is 0. The van der Waals surface area contributed by atoms with Crippen LogP contribution < -0.4 is 37.7 Å². The minimum absolute atomic E-state index is 0. The molecule has 0 saturated heterocycles. The van der Waals surface area contributed by atoms with E-state index < -0.39 is 0 Å². The van der Waals surface area contributed by atoms with Crippen molar-refractivity contribution in [3.63, 3.8) is 0 Å². The maximum absolute atomic E-state index is 0. The Bertz CT molecular complexity index is 15.7. The summed E-state index contributed by atoms with van der Waals surface area (Å²) in [7, 11) is 0. The quantitative estimate of drug-likeness (QED) is 0.361. The molecular weight excluding hydrogens is 216 g/mol. The molecule has 0 amide bonds. The van der Waals surface area contributed by atoms with Crippen LogP contribution in [0.15, 0.2) is 0 Å². The standard InChI is InChI=1S/Co.Fe.2Li.Mn.2O/q+2;;2*+1;;2*-2. The average molecular weight is 216 g/mol. The molecule has 7 heteroatoms. The minimum Gasteiger partial charge on any atom is -2.00 e. The molecule has 0 aliphatic rings. The summed E-state index contributed by atoms with van der Waals surface area (Å²) in [6.45, 7) is 0. The summed E-state index contributed by atoms with van der Waals surface area (Å²) in [6, 6.07) is 0. The molecule has 0 N–H and O–H groups in total. The van der Waals surface area contributed by atoms with Crippen molar-refractivity contribution in [2.24, 2.45) is 0 Å². The Morgan fingerprint density at radius 3 is 0.714 bits per heavy atom. The molecule has 0 saturated carbocycles. The summed E-state index contributed by atoms with van der Waals surface area (Å²) in [5.74, 6) is 0. The second kappa shape index (κ2) is 71.8. The van der Waals surface area contributed by atoms with E-state index in [1.54, 1.807) is 0 Å². The van der Waals surface area contributed by atoms with Crippen molar-refractivity contribution in [1.82, 2.24) is 0 Å². The van der Waals surface area contributed by atoms with E-state index in [1.165, 1.54) is 0 Å². The van der Waals surface area contributed by atoms with Crippen LogP contribution in [0.1, 0.15) is 0 Å². The molecule has 0 rings (SSSR count). The zero-order chi connectivity index (χ0) is 0. The van der Waals surface area contributed by atoms with E-state index in [2.05, 4.69) is 0 Å². The molecule has 0 bridgehead atoms. The first-order valence-corrected chi connectivity index (χ1v) is 0. The third-order valence-corrected chi connectivity index (χ3v) is 0. The molecule has 2 nitrogen and oxygen atoms in total. The van der Waals surface area contributed by atoms with Crippen molar-refractivity contribution in [2.75, 3.05) is 0 Å². The number of hydrogen-bond donors (Lipinski definition) is 0. The molecule has 0 heterocycles. The summed E-state index contributed by atoms with van der Waals surface area (Å²) in [4.78, 5) is 0. The van der Waals surface area contributed by atoms with Crippen LogP contribution in [-0.4, -0.2) is 0 Å². The fraction of sp³-hybridized carbons (Fsp3) is 0. The smallest absolute Gasteiger partial charge is 2.00 e. The molecule has 0 spiro atoms. The van der Waals surface area contributed by atoms with Gasteiger partial charge in [-0.3, -0.25) is 0 Å². The molecule has 0 unspecified atom stereocenters. The van der Waals surface area contributed by atoms with Crippen molar-refractivity contribution in [3.05, 3.63) is 0 Å². The first-order chi connectivity index (χ1) is 0. The second-order valence-corrected chi connectivity index (χ2v) is 0. The van der Waals surface area contributed by atoms with Gasteiger partial charge in [0.25, 0.3) is 0 Å². The third-order valence-electron chi connectivity index (χ3n) is 0. The fourth-order valence-corrected chi connectivity index (χ4v) is 0. The molecule has 2 radical (unpaired) electrons. The van der Waals surface area contributed by atoms with E-state index in [9.17, 15) is 0 Å². The molecule has 0 aliphatic heterocycles. The third kappa shape index (κ3) is 54.3. The molecule has 0 atom stereocenters. The minimum atomic E-state index is 0. The van der Waals surface area contributed by atoms with E-state index in [0.29, 0.717) is 0 Å². The van der Waals surface area contributed by atoms with Gasteiger partial charge in [0, 0.05) is 34.1 Å². The molecular formula is CoFeLi2MnO2. The SMILES string of the molecule is [Co+2].[Fe].[Li+].[Li+].[Mn].[O-2].[O-2]. The van der Waals surface area contributed by atoms with Gasteiger partial charge >= 0.3 is 54.5 Å². The van der Waals surface area contributed by atoms with Crippen molar-refractivity contribution in [2.45, 2.75) is 0 Å². The van der Waals surface area contributed by atoms with Crippen LogP contribution in [0.4, 0.5) is 0 Å². The Kier molecular flexibility index (Phi) is 1050. The van der Waals surface area contributed by atoms with Crippen LogP contribution in [0.5, 0.6) is 0 Å². The molecule has 0 aliphatic carbocycles. The number of hydrogen-bond acceptors (Lipinski definition) is 0. The van der Waals surface area contributed by atoms with E-state index in [4.69, 9.17) is 0 Å². The van der Waals surface area contributed by atoms with Gasteiger partial charge in [0.15, 0.2) is 0 Å². The molecule has 0 aromatic heterocycles. The van der Waals surface area contributed by atoms with Crippen molar-refractivity contribution >= 4 is 0 Å². The predicted molar refractivity (Wildman–Crippen MR) is 1.37 cm³/mol. The summed E-state index contributed by atoms with van der Waals surface area (Å²) in [5.41, 5.74) is 0. The van der Waals surface area contributed by atoms with E-state index in [-0.39, 0.29) is 99.6 Å². The van der Waals surface area contributed by atoms with Crippen molar-refractivity contribution in [1.29, 1.82) is 0 Å². The van der Waals surface area contributed by atoms with Gasteiger partial charge in [-0.1, -0.05) is 0 Å². The Morgan fingerprint density at radius 2 is 0.714 bits per heavy atom. The normalized spacial score (nSPS) is 0. The zero-order valence-corrected chi connectivity index (χ0v) is 7.21. The maximum Gasteiger partial charge on any atom is 2.00 e. The summed E-state index contributed by atoms with van der Waals surface area (Å²) in [6.07, 6.45) is 0. The van der Waals surface area contributed by atoms with Gasteiger partial charge in [-0.25, -0.2) is 0 Å². The van der Waals surface area contributed by atoms with Crippen molar-refractivity contribution < 1.29 is 99.6 Å². The Morgan fingerprint density at radius 1 is 0.714 bits per heavy atom. The Labute approximate surface area is 98.4 Å². The average Bonchev–Trinajstić information content (AvgIpc) is 0. The van der Waals surface area contributed by atoms with Crippen LogP contribution in [-0.2, 0) is 61.9 Å². The molecule has 0 aromatic carbocycles. The first kappa shape index (κ1) is 102. The van der Waals surface area contributed by atoms with Gasteiger partial charge in [0.1, 0.15) is 0 Å². The summed E-state index contributed by atoms with van der Waals surface area (Å²) < 4.78 is 0. The number of rotatable bonds is 0. The zero-order valence-electron chi connectivity index (χ0n) is 3.88. The van der Waals surface area contributed by atoms with Gasteiger partial charge in [0.2, 0.25) is 0 Å². The largest absolute Gasteiger partial charge is 2.00 e. The monoisotopic (exact) mass is 216 g/mol. The van der Waals surface area contributed by atoms with Crippen LogP contribution >= 0.6 is 0 Å². The van der Waals surface area contributed by atoms with Crippen LogP contribution in [0.3, 0.4) is 0 Å². The second-order valence-electron chi connectivity index (χ2n) is 0. The predicted octanol–water partition coefficient (Wildman–Crippen LogP) is -6.24. The van der Waals surface area contributed by atoms with Crippen molar-refractivity contribution in [3.8, 4) is 0 Å². The molecule has 7 heavy (non-hydrogen) atoms. The van der Waals surface area contributed by atoms with Crippen LogP contribution in [0.25, 0.3) is 0 Å². The van der Waals surface area contributed by atoms with Gasteiger partial charge in [-0.2, -0.15) is 0 Å². The van der Waals surface area contributed by atoms with E-state index in [0.717, 1.165) is 0 Å². The summed E-state index contributed by atoms with van der Waals surface area (Å²) >= 11 is 0. The first-order valence-electron chi connectivity index (χ1n) is 0. The van der Waals surface area contributed by atoms with Crippen LogP contribution in [0, 0.1) is 0 Å². The van der Waals surface area contributed by atoms with Gasteiger partial charge in [0.05, 0.1) is 0 Å².